The van der Waals surface area contributed by atoms with Crippen molar-refractivity contribution in [2.75, 3.05) is 27.3 Å². The lowest BCUT2D eigenvalue weighted by Crippen LogP contribution is -2.49. The largest absolute Gasteiger partial charge is 0.493 e. The molecule has 0 aliphatic heterocycles. The molecule has 0 aromatic heterocycles. The van der Waals surface area contributed by atoms with Crippen molar-refractivity contribution in [3.8, 4) is 11.5 Å². The minimum Gasteiger partial charge on any atom is -0.493 e. The Labute approximate surface area is 160 Å². The third kappa shape index (κ3) is 5.74. The number of ether oxygens (including phenoxy) is 2. The summed E-state index contributed by atoms with van der Waals surface area (Å²) in [5.74, 6) is 0.575. The number of hydrogen-bond donors (Lipinski definition) is 1. The van der Waals surface area contributed by atoms with E-state index in [1.165, 1.54) is 0 Å². The minimum absolute atomic E-state index is 0.170. The molecule has 2 rings (SSSR count). The van der Waals surface area contributed by atoms with Gasteiger partial charge in [0.25, 0.3) is 5.91 Å². The second kappa shape index (κ2) is 10.2. The summed E-state index contributed by atoms with van der Waals surface area (Å²) in [5.41, 5.74) is 1.10. The number of likely N-dealkylation sites (N-methyl/N-ethyl adjacent to an activating group) is 1. The number of hydrogen-bond acceptors (Lipinski definition) is 4. The number of carbonyl (C=O) groups is 2. The maximum absolute atomic E-state index is 12.8. The Morgan fingerprint density at radius 3 is 2.30 bits per heavy atom. The van der Waals surface area contributed by atoms with Gasteiger partial charge in [0.05, 0.1) is 7.11 Å². The van der Waals surface area contributed by atoms with E-state index in [1.807, 2.05) is 42.5 Å². The van der Waals surface area contributed by atoms with Crippen molar-refractivity contribution < 1.29 is 19.1 Å². The maximum Gasteiger partial charge on any atom is 0.261 e. The van der Waals surface area contributed by atoms with Crippen LogP contribution in [-0.4, -0.2) is 50.1 Å². The lowest BCUT2D eigenvalue weighted by Gasteiger charge is -2.28. The van der Waals surface area contributed by atoms with E-state index in [0.717, 1.165) is 5.56 Å². The second-order valence-corrected chi connectivity index (χ2v) is 6.05. The molecular formula is C21H26N2O4. The summed E-state index contributed by atoms with van der Waals surface area (Å²) in [6, 6.07) is 16.4. The van der Waals surface area contributed by atoms with Crippen molar-refractivity contribution in [1.29, 1.82) is 0 Å². The summed E-state index contributed by atoms with van der Waals surface area (Å²) in [6.07, 6.45) is 0.655. The number of rotatable bonds is 9. The van der Waals surface area contributed by atoms with E-state index in [9.17, 15) is 9.59 Å². The van der Waals surface area contributed by atoms with Crippen molar-refractivity contribution in [1.82, 2.24) is 10.2 Å². The molecule has 2 aromatic carbocycles. The summed E-state index contributed by atoms with van der Waals surface area (Å²) in [6.45, 7) is 1.97. The van der Waals surface area contributed by atoms with Gasteiger partial charge in [-0.3, -0.25) is 9.59 Å². The molecule has 0 saturated carbocycles. The zero-order valence-electron chi connectivity index (χ0n) is 16.0. The standard InChI is InChI=1S/C21H26N2O4/c1-16(21(25)22-2)23(14-13-17-9-5-4-6-10-17)20(24)15-27-19-12-8-7-11-18(19)26-3/h4-12,16H,13-15H2,1-3H3,(H,22,25)/t16-/m0/s1. The second-order valence-electron chi connectivity index (χ2n) is 6.05. The predicted octanol–water partition coefficient (Wildman–Crippen LogP) is 2.28. The summed E-state index contributed by atoms with van der Waals surface area (Å²) in [5, 5.41) is 2.60. The number of nitrogens with one attached hydrogen (secondary N) is 1. The molecule has 1 N–H and O–H groups in total. The van der Waals surface area contributed by atoms with Gasteiger partial charge in [0.1, 0.15) is 6.04 Å². The van der Waals surface area contributed by atoms with Crippen molar-refractivity contribution in [3.63, 3.8) is 0 Å². The van der Waals surface area contributed by atoms with E-state index in [4.69, 9.17) is 9.47 Å². The lowest BCUT2D eigenvalue weighted by atomic mass is 10.1. The van der Waals surface area contributed by atoms with Crippen LogP contribution in [0.2, 0.25) is 0 Å². The molecule has 0 fully saturated rings. The van der Waals surface area contributed by atoms with Crippen LogP contribution in [0.4, 0.5) is 0 Å². The molecule has 0 unspecified atom stereocenters. The first-order valence-corrected chi connectivity index (χ1v) is 8.87. The van der Waals surface area contributed by atoms with Gasteiger partial charge in [-0.15, -0.1) is 0 Å². The van der Waals surface area contributed by atoms with Crippen molar-refractivity contribution in [3.05, 3.63) is 60.2 Å². The van der Waals surface area contributed by atoms with Crippen LogP contribution >= 0.6 is 0 Å². The Kier molecular flexibility index (Phi) is 7.67. The van der Waals surface area contributed by atoms with Crippen molar-refractivity contribution >= 4 is 11.8 Å². The van der Waals surface area contributed by atoms with E-state index < -0.39 is 6.04 Å². The van der Waals surface area contributed by atoms with Crippen molar-refractivity contribution in [2.45, 2.75) is 19.4 Å². The topological polar surface area (TPSA) is 67.9 Å². The maximum atomic E-state index is 12.8. The number of benzene rings is 2. The highest BCUT2D eigenvalue weighted by atomic mass is 16.5. The number of amides is 2. The van der Waals surface area contributed by atoms with E-state index >= 15 is 0 Å². The Bertz CT molecular complexity index is 749. The molecule has 144 valence electrons. The van der Waals surface area contributed by atoms with E-state index in [0.29, 0.717) is 24.5 Å². The highest BCUT2D eigenvalue weighted by molar-refractivity contribution is 5.87. The molecule has 0 saturated heterocycles. The minimum atomic E-state index is -0.590. The van der Waals surface area contributed by atoms with Crippen LogP contribution in [0.5, 0.6) is 11.5 Å². The van der Waals surface area contributed by atoms with Gasteiger partial charge in [0.2, 0.25) is 5.91 Å². The highest BCUT2D eigenvalue weighted by Gasteiger charge is 2.25. The van der Waals surface area contributed by atoms with Gasteiger partial charge in [0, 0.05) is 13.6 Å². The Morgan fingerprint density at radius 2 is 1.67 bits per heavy atom. The molecule has 0 bridgehead atoms. The normalized spacial score (nSPS) is 11.4. The van der Waals surface area contributed by atoms with Gasteiger partial charge in [-0.1, -0.05) is 42.5 Å². The van der Waals surface area contributed by atoms with Gasteiger partial charge in [-0.2, -0.15) is 0 Å². The van der Waals surface area contributed by atoms with Gasteiger partial charge >= 0.3 is 0 Å². The quantitative estimate of drug-likeness (QED) is 0.735. The average Bonchev–Trinajstić information content (AvgIpc) is 2.72. The number of methoxy groups -OCH3 is 1. The molecule has 0 aliphatic carbocycles. The van der Waals surface area contributed by atoms with Crippen LogP contribution in [-0.2, 0) is 16.0 Å². The van der Waals surface area contributed by atoms with Crippen LogP contribution in [0.15, 0.2) is 54.6 Å². The summed E-state index contributed by atoms with van der Waals surface area (Å²) in [7, 11) is 3.11. The smallest absolute Gasteiger partial charge is 0.261 e. The fourth-order valence-electron chi connectivity index (χ4n) is 2.74. The summed E-state index contributed by atoms with van der Waals surface area (Å²) < 4.78 is 10.9. The third-order valence-electron chi connectivity index (χ3n) is 4.32. The van der Waals surface area contributed by atoms with Crippen LogP contribution in [0.3, 0.4) is 0 Å². The first-order chi connectivity index (χ1) is 13.1. The Morgan fingerprint density at radius 1 is 1.04 bits per heavy atom. The average molecular weight is 370 g/mol. The first kappa shape index (κ1) is 20.3. The van der Waals surface area contributed by atoms with E-state index in [-0.39, 0.29) is 18.4 Å². The van der Waals surface area contributed by atoms with Gasteiger partial charge in [0.15, 0.2) is 18.1 Å². The molecule has 0 radical (unpaired) electrons. The fourth-order valence-corrected chi connectivity index (χ4v) is 2.74. The molecule has 0 heterocycles. The zero-order valence-corrected chi connectivity index (χ0v) is 16.0. The van der Waals surface area contributed by atoms with Gasteiger partial charge < -0.3 is 19.7 Å². The SMILES string of the molecule is CNC(=O)[C@H](C)N(CCc1ccccc1)C(=O)COc1ccccc1OC. The third-order valence-corrected chi connectivity index (χ3v) is 4.32. The van der Waals surface area contributed by atoms with Gasteiger partial charge in [-0.05, 0) is 31.0 Å². The molecule has 6 nitrogen and oxygen atoms in total. The summed E-state index contributed by atoms with van der Waals surface area (Å²) in [4.78, 5) is 26.4. The van der Waals surface area contributed by atoms with Crippen LogP contribution in [0, 0.1) is 0 Å². The Balaban J connectivity index is 2.06. The molecule has 1 atom stereocenters. The van der Waals surface area contributed by atoms with Crippen molar-refractivity contribution in [2.24, 2.45) is 0 Å². The van der Waals surface area contributed by atoms with E-state index in [2.05, 4.69) is 5.32 Å². The van der Waals surface area contributed by atoms with Gasteiger partial charge in [-0.25, -0.2) is 0 Å². The number of nitrogens with zero attached hydrogens (tertiary/aromatic N) is 1. The summed E-state index contributed by atoms with van der Waals surface area (Å²) >= 11 is 0. The van der Waals surface area contributed by atoms with E-state index in [1.54, 1.807) is 38.1 Å². The Hall–Kier alpha value is -3.02. The number of carbonyl (C=O) groups excluding carboxylic acids is 2. The monoisotopic (exact) mass is 370 g/mol. The van der Waals surface area contributed by atoms with Crippen LogP contribution in [0.1, 0.15) is 12.5 Å². The molecule has 0 aliphatic rings. The van der Waals surface area contributed by atoms with Crippen LogP contribution in [0.25, 0.3) is 0 Å². The molecule has 27 heavy (non-hydrogen) atoms. The predicted molar refractivity (Wildman–Crippen MR) is 104 cm³/mol. The highest BCUT2D eigenvalue weighted by Crippen LogP contribution is 2.25. The zero-order chi connectivity index (χ0) is 19.6. The van der Waals surface area contributed by atoms with Crippen LogP contribution < -0.4 is 14.8 Å². The molecule has 2 aromatic rings. The first-order valence-electron chi connectivity index (χ1n) is 8.87. The lowest BCUT2D eigenvalue weighted by molar-refractivity contribution is -0.141. The number of para-hydroxylation sites is 2. The molecule has 6 heteroatoms. The molecule has 0 spiro atoms. The molecular weight excluding hydrogens is 344 g/mol. The molecule has 2 amide bonds. The fraction of sp³-hybridized carbons (Fsp3) is 0.333.